The molecule has 1 aliphatic rings. The standard InChI is InChI=1S/C18H22BN5O4/c1-27-19(7-11-5-3-2-4-6-11)13-15(26)12(8-25)28-18(13)24-10-23-14-16(20)21-9-22-17(14)24/h2-6,9-10,12-13,15,18,25-26H,7-8H2,1H3,(H2,20,21,22). The molecule has 9 nitrogen and oxygen atoms in total. The molecule has 0 saturated carbocycles. The largest absolute Gasteiger partial charge is 0.438 e. The van der Waals surface area contributed by atoms with Crippen LogP contribution in [0, 0.1) is 0 Å². The SMILES string of the molecule is COB(Cc1ccccc1)C1C(O)C(CO)OC1n1cnc2c(N)ncnc21. The summed E-state index contributed by atoms with van der Waals surface area (Å²) >= 11 is 0. The molecule has 3 heterocycles. The minimum Gasteiger partial charge on any atom is -0.438 e. The highest BCUT2D eigenvalue weighted by Crippen LogP contribution is 2.43. The van der Waals surface area contributed by atoms with E-state index in [-0.39, 0.29) is 19.3 Å². The predicted octanol–water partition coefficient (Wildman–Crippen LogP) is 0.449. The number of hydrogen-bond donors (Lipinski definition) is 3. The van der Waals surface area contributed by atoms with Crippen LogP contribution in [0.15, 0.2) is 43.0 Å². The van der Waals surface area contributed by atoms with Crippen molar-refractivity contribution >= 4 is 23.9 Å². The monoisotopic (exact) mass is 383 g/mol. The fraction of sp³-hybridized carbons (Fsp3) is 0.389. The lowest BCUT2D eigenvalue weighted by Gasteiger charge is -2.26. The molecule has 4 unspecified atom stereocenters. The number of ether oxygens (including phenoxy) is 1. The van der Waals surface area contributed by atoms with E-state index in [1.54, 1.807) is 18.0 Å². The van der Waals surface area contributed by atoms with Gasteiger partial charge in [-0.25, -0.2) is 15.0 Å². The zero-order valence-corrected chi connectivity index (χ0v) is 15.4. The Hall–Kier alpha value is -2.53. The summed E-state index contributed by atoms with van der Waals surface area (Å²) in [7, 11) is 1.61. The van der Waals surface area contributed by atoms with E-state index in [9.17, 15) is 10.2 Å². The topological polar surface area (TPSA) is 129 Å². The summed E-state index contributed by atoms with van der Waals surface area (Å²) in [4.78, 5) is 12.5. The Kier molecular flexibility index (Phi) is 5.27. The van der Waals surface area contributed by atoms with E-state index in [4.69, 9.17) is 15.1 Å². The van der Waals surface area contributed by atoms with Crippen LogP contribution in [0.2, 0.25) is 5.82 Å². The first kappa shape index (κ1) is 18.8. The summed E-state index contributed by atoms with van der Waals surface area (Å²) in [5, 5.41) is 20.5. The fourth-order valence-electron chi connectivity index (χ4n) is 3.85. The van der Waals surface area contributed by atoms with Crippen molar-refractivity contribution in [3.8, 4) is 0 Å². The number of anilines is 1. The molecular weight excluding hydrogens is 361 g/mol. The van der Waals surface area contributed by atoms with Gasteiger partial charge in [0.25, 0.3) is 0 Å². The average molecular weight is 383 g/mol. The van der Waals surface area contributed by atoms with Crippen molar-refractivity contribution in [3.05, 3.63) is 48.5 Å². The molecule has 2 aromatic heterocycles. The van der Waals surface area contributed by atoms with Crippen LogP contribution in [0.5, 0.6) is 0 Å². The number of aromatic nitrogens is 4. The molecular formula is C18H22BN5O4. The molecule has 10 heteroatoms. The van der Waals surface area contributed by atoms with Crippen LogP contribution < -0.4 is 5.73 Å². The first-order valence-corrected chi connectivity index (χ1v) is 9.08. The van der Waals surface area contributed by atoms with Gasteiger partial charge in [-0.15, -0.1) is 0 Å². The van der Waals surface area contributed by atoms with Gasteiger partial charge in [-0.1, -0.05) is 35.9 Å². The van der Waals surface area contributed by atoms with Crippen LogP contribution >= 0.6 is 0 Å². The minimum atomic E-state index is -0.916. The van der Waals surface area contributed by atoms with Gasteiger partial charge in [0, 0.05) is 12.9 Å². The van der Waals surface area contributed by atoms with E-state index in [1.165, 1.54) is 6.33 Å². The number of rotatable bonds is 6. The molecule has 1 fully saturated rings. The lowest BCUT2D eigenvalue weighted by atomic mass is 9.50. The molecule has 0 aliphatic carbocycles. The van der Waals surface area contributed by atoms with Crippen LogP contribution in [0.25, 0.3) is 11.2 Å². The average Bonchev–Trinajstić information content (AvgIpc) is 3.29. The second-order valence-corrected chi connectivity index (χ2v) is 6.86. The molecule has 0 spiro atoms. The van der Waals surface area contributed by atoms with Crippen LogP contribution in [-0.4, -0.2) is 62.6 Å². The number of nitrogens with zero attached hydrogens (tertiary/aromatic N) is 4. The first-order valence-electron chi connectivity index (χ1n) is 9.08. The van der Waals surface area contributed by atoms with Crippen LogP contribution in [0.3, 0.4) is 0 Å². The molecule has 4 N–H and O–H groups in total. The smallest absolute Gasteiger partial charge is 0.307 e. The Balaban J connectivity index is 1.72. The second-order valence-electron chi connectivity index (χ2n) is 6.86. The number of fused-ring (bicyclic) bond motifs is 1. The number of hydrogen-bond acceptors (Lipinski definition) is 8. The summed E-state index contributed by atoms with van der Waals surface area (Å²) in [5.74, 6) is -0.180. The Bertz CT molecular complexity index is 940. The number of aliphatic hydroxyl groups excluding tert-OH is 2. The van der Waals surface area contributed by atoms with Gasteiger partial charge < -0.3 is 25.3 Å². The Morgan fingerprint density at radius 1 is 1.25 bits per heavy atom. The molecule has 0 radical (unpaired) electrons. The van der Waals surface area contributed by atoms with E-state index in [1.807, 2.05) is 30.3 Å². The molecule has 0 bridgehead atoms. The van der Waals surface area contributed by atoms with Crippen molar-refractivity contribution < 1.29 is 19.6 Å². The zero-order valence-electron chi connectivity index (χ0n) is 15.4. The number of nitrogens with two attached hydrogens (primary N) is 1. The highest BCUT2D eigenvalue weighted by atomic mass is 16.5. The fourth-order valence-corrected chi connectivity index (χ4v) is 3.85. The molecule has 0 amide bonds. The Labute approximate surface area is 162 Å². The number of aliphatic hydroxyl groups is 2. The van der Waals surface area contributed by atoms with Gasteiger partial charge in [0.1, 0.15) is 24.2 Å². The van der Waals surface area contributed by atoms with Gasteiger partial charge >= 0.3 is 6.92 Å². The van der Waals surface area contributed by atoms with Gasteiger partial charge in [-0.3, -0.25) is 4.57 Å². The third-order valence-corrected chi connectivity index (χ3v) is 5.27. The molecule has 1 aromatic carbocycles. The molecule has 1 saturated heterocycles. The van der Waals surface area contributed by atoms with E-state index >= 15 is 0 Å². The maximum absolute atomic E-state index is 10.9. The molecule has 146 valence electrons. The summed E-state index contributed by atoms with van der Waals surface area (Å²) in [6.45, 7) is -0.657. The van der Waals surface area contributed by atoms with Crippen molar-refractivity contribution in [2.24, 2.45) is 0 Å². The maximum Gasteiger partial charge on any atom is 0.307 e. The zero-order chi connectivity index (χ0) is 19.7. The summed E-state index contributed by atoms with van der Waals surface area (Å²) in [6.07, 6.45) is 1.23. The number of nitrogen functional groups attached to an aromatic ring is 1. The van der Waals surface area contributed by atoms with Crippen LogP contribution in [0.4, 0.5) is 5.82 Å². The highest BCUT2D eigenvalue weighted by Gasteiger charge is 2.50. The first-order chi connectivity index (χ1) is 13.6. The van der Waals surface area contributed by atoms with Crippen molar-refractivity contribution in [3.63, 3.8) is 0 Å². The molecule has 3 aromatic rings. The molecule has 4 rings (SSSR count). The lowest BCUT2D eigenvalue weighted by Crippen LogP contribution is -2.38. The van der Waals surface area contributed by atoms with Crippen molar-refractivity contribution in [2.45, 2.75) is 30.6 Å². The lowest BCUT2D eigenvalue weighted by molar-refractivity contribution is -0.0433. The minimum absolute atomic E-state index is 0.269. The van der Waals surface area contributed by atoms with Gasteiger partial charge in [0.05, 0.1) is 19.0 Å². The third-order valence-electron chi connectivity index (χ3n) is 5.27. The molecule has 1 aliphatic heterocycles. The highest BCUT2D eigenvalue weighted by molar-refractivity contribution is 6.53. The molecule has 4 atom stereocenters. The van der Waals surface area contributed by atoms with Crippen LogP contribution in [0.1, 0.15) is 11.8 Å². The van der Waals surface area contributed by atoms with Crippen molar-refractivity contribution in [1.29, 1.82) is 0 Å². The van der Waals surface area contributed by atoms with Crippen LogP contribution in [-0.2, 0) is 15.7 Å². The van der Waals surface area contributed by atoms with E-state index in [0.717, 1.165) is 5.56 Å². The normalized spacial score (nSPS) is 24.7. The van der Waals surface area contributed by atoms with Gasteiger partial charge in [-0.05, 0) is 6.32 Å². The van der Waals surface area contributed by atoms with E-state index in [2.05, 4.69) is 15.0 Å². The summed E-state index contributed by atoms with van der Waals surface area (Å²) in [6, 6.07) is 9.88. The Morgan fingerprint density at radius 3 is 2.75 bits per heavy atom. The molecule has 28 heavy (non-hydrogen) atoms. The van der Waals surface area contributed by atoms with E-state index in [0.29, 0.717) is 17.5 Å². The summed E-state index contributed by atoms with van der Waals surface area (Å²) in [5.41, 5.74) is 7.93. The van der Waals surface area contributed by atoms with Crippen molar-refractivity contribution in [2.75, 3.05) is 19.5 Å². The second kappa shape index (κ2) is 7.84. The maximum atomic E-state index is 10.9. The Morgan fingerprint density at radius 2 is 2.04 bits per heavy atom. The van der Waals surface area contributed by atoms with E-state index < -0.39 is 24.3 Å². The van der Waals surface area contributed by atoms with Crippen molar-refractivity contribution in [1.82, 2.24) is 19.5 Å². The number of imidazole rings is 1. The third kappa shape index (κ3) is 3.24. The quantitative estimate of drug-likeness (QED) is 0.524. The van der Waals surface area contributed by atoms with Gasteiger partial charge in [0.2, 0.25) is 0 Å². The summed E-state index contributed by atoms with van der Waals surface area (Å²) < 4.78 is 13.5. The van der Waals surface area contributed by atoms with Gasteiger partial charge in [-0.2, -0.15) is 0 Å². The number of benzene rings is 1. The van der Waals surface area contributed by atoms with Gasteiger partial charge in [0.15, 0.2) is 11.5 Å². The predicted molar refractivity (Wildman–Crippen MR) is 103 cm³/mol.